The Labute approximate surface area is 238 Å². The molecule has 0 saturated carbocycles. The van der Waals surface area contributed by atoms with E-state index in [1.54, 1.807) is 24.3 Å². The van der Waals surface area contributed by atoms with Crippen LogP contribution in [0.1, 0.15) is 24.0 Å². The molecule has 0 aromatic heterocycles. The molecule has 214 valence electrons. The number of benzene rings is 3. The van der Waals surface area contributed by atoms with Gasteiger partial charge >= 0.3 is 6.36 Å². The highest BCUT2D eigenvalue weighted by atomic mass is 35.5. The molecule has 0 spiro atoms. The maximum absolute atomic E-state index is 13.2. The number of hydrogen-bond donors (Lipinski definition) is 2. The molecular formula is C26H22ClF3N6O4S. The van der Waals surface area contributed by atoms with Crippen LogP contribution in [0.25, 0.3) is 0 Å². The van der Waals surface area contributed by atoms with Gasteiger partial charge < -0.3 is 10.5 Å². The maximum Gasteiger partial charge on any atom is 0.573 e. The van der Waals surface area contributed by atoms with E-state index in [1.807, 2.05) is 30.3 Å². The number of alkyl halides is 3. The van der Waals surface area contributed by atoms with E-state index in [1.165, 1.54) is 11.9 Å². The average molecular weight is 607 g/mol. The summed E-state index contributed by atoms with van der Waals surface area (Å²) in [4.78, 5) is 15.1. The van der Waals surface area contributed by atoms with Crippen molar-refractivity contribution in [2.24, 2.45) is 20.2 Å². The van der Waals surface area contributed by atoms with E-state index >= 15 is 0 Å². The summed E-state index contributed by atoms with van der Waals surface area (Å²) in [6.45, 7) is 1.27. The molecule has 1 aliphatic heterocycles. The van der Waals surface area contributed by atoms with E-state index in [0.717, 1.165) is 29.8 Å². The predicted octanol–water partition coefficient (Wildman–Crippen LogP) is 4.24. The number of carbonyl (C=O) groups excluding carboxylic acids is 1. The van der Waals surface area contributed by atoms with Crippen LogP contribution in [0.5, 0.6) is 5.75 Å². The minimum atomic E-state index is -4.95. The van der Waals surface area contributed by atoms with Crippen LogP contribution in [0.4, 0.5) is 13.2 Å². The summed E-state index contributed by atoms with van der Waals surface area (Å²) in [5.41, 5.74) is 7.94. The molecule has 3 aromatic carbocycles. The maximum atomic E-state index is 13.2. The van der Waals surface area contributed by atoms with Crippen molar-refractivity contribution in [2.45, 2.75) is 24.1 Å². The lowest BCUT2D eigenvalue weighted by molar-refractivity contribution is -0.274. The molecular weight excluding hydrogens is 585 g/mol. The Morgan fingerprint density at radius 1 is 1.07 bits per heavy atom. The molecule has 1 heterocycles. The number of rotatable bonds is 5. The van der Waals surface area contributed by atoms with Crippen molar-refractivity contribution in [2.75, 3.05) is 6.54 Å². The molecule has 1 unspecified atom stereocenters. The first-order valence-corrected chi connectivity index (χ1v) is 13.6. The first kappa shape index (κ1) is 29.6. The van der Waals surface area contributed by atoms with Gasteiger partial charge in [0.2, 0.25) is 11.9 Å². The molecule has 1 aliphatic rings. The Morgan fingerprint density at radius 2 is 1.71 bits per heavy atom. The number of amides is 1. The van der Waals surface area contributed by atoms with Crippen molar-refractivity contribution in [1.29, 1.82) is 0 Å². The van der Waals surface area contributed by atoms with Crippen LogP contribution < -0.4 is 15.8 Å². The second-order valence-corrected chi connectivity index (χ2v) is 10.6. The quantitative estimate of drug-likeness (QED) is 0.329. The zero-order valence-corrected chi connectivity index (χ0v) is 22.8. The van der Waals surface area contributed by atoms with Crippen molar-refractivity contribution < 1.29 is 31.1 Å². The molecule has 1 atom stereocenters. The van der Waals surface area contributed by atoms with Gasteiger partial charge in [0, 0.05) is 17.9 Å². The highest BCUT2D eigenvalue weighted by Crippen LogP contribution is 2.30. The molecule has 3 aromatic rings. The van der Waals surface area contributed by atoms with E-state index in [2.05, 4.69) is 24.5 Å². The second-order valence-electron chi connectivity index (χ2n) is 8.60. The molecule has 0 bridgehead atoms. The van der Waals surface area contributed by atoms with Gasteiger partial charge in [0.25, 0.3) is 16.0 Å². The molecule has 0 fully saturated rings. The lowest BCUT2D eigenvalue weighted by Gasteiger charge is -2.16. The lowest BCUT2D eigenvalue weighted by atomic mass is 9.91. The third kappa shape index (κ3) is 7.83. The second kappa shape index (κ2) is 12.0. The third-order valence-electron chi connectivity index (χ3n) is 5.57. The molecule has 41 heavy (non-hydrogen) atoms. The predicted molar refractivity (Wildman–Crippen MR) is 147 cm³/mol. The number of carbonyl (C=O) groups is 1. The molecule has 0 saturated heterocycles. The number of aliphatic imine (C=N–C) groups is 1. The van der Waals surface area contributed by atoms with E-state index in [9.17, 15) is 26.4 Å². The third-order valence-corrected chi connectivity index (χ3v) is 7.09. The fourth-order valence-corrected chi connectivity index (χ4v) is 4.93. The van der Waals surface area contributed by atoms with Gasteiger partial charge in [0.1, 0.15) is 5.75 Å². The molecule has 15 heteroatoms. The van der Waals surface area contributed by atoms with Crippen LogP contribution in [0, 0.1) is 0 Å². The summed E-state index contributed by atoms with van der Waals surface area (Å²) < 4.78 is 71.5. The Bertz CT molecular complexity index is 1610. The highest BCUT2D eigenvalue weighted by molar-refractivity contribution is 7.90. The summed E-state index contributed by atoms with van der Waals surface area (Å²) in [5, 5.41) is 8.57. The first-order valence-electron chi connectivity index (χ1n) is 11.8. The van der Waals surface area contributed by atoms with Crippen LogP contribution in [0.3, 0.4) is 0 Å². The molecule has 10 nitrogen and oxygen atoms in total. The van der Waals surface area contributed by atoms with Gasteiger partial charge in [-0.25, -0.2) is 5.01 Å². The molecule has 3 N–H and O–H groups in total. The number of guanidine groups is 2. The number of sulfonamides is 1. The zero-order chi connectivity index (χ0) is 29.8. The monoisotopic (exact) mass is 606 g/mol. The fourth-order valence-electron chi connectivity index (χ4n) is 3.87. The standard InChI is InChI=1S/C26H22ClF3N6O4S/c1-16(37)32-24(31)33-25(35-41(38,39)21-13-11-20(12-14-21)40-26(28,29)30)36-15-22(17-5-3-2-4-6-17)23(34-36)18-7-9-19(27)10-8-18/h2-14,22H,15H2,1H3,(H3,31,32,33,35,37). The average Bonchev–Trinajstić information content (AvgIpc) is 3.34. The number of nitrogens with zero attached hydrogens (tertiary/aromatic N) is 4. The van der Waals surface area contributed by atoms with Crippen LogP contribution in [-0.2, 0) is 14.8 Å². The Morgan fingerprint density at radius 3 is 2.29 bits per heavy atom. The number of hydrogen-bond acceptors (Lipinski definition) is 5. The smallest absolute Gasteiger partial charge is 0.406 e. The number of nitrogens with two attached hydrogens (primary N) is 1. The van der Waals surface area contributed by atoms with Crippen molar-refractivity contribution in [3.63, 3.8) is 0 Å². The van der Waals surface area contributed by atoms with Crippen LogP contribution in [0.15, 0.2) is 98.2 Å². The Balaban J connectivity index is 1.78. The lowest BCUT2D eigenvalue weighted by Crippen LogP contribution is -2.37. The van der Waals surface area contributed by atoms with E-state index in [0.29, 0.717) is 16.3 Å². The first-order chi connectivity index (χ1) is 19.3. The van der Waals surface area contributed by atoms with Crippen molar-refractivity contribution in [3.05, 3.63) is 95.0 Å². The van der Waals surface area contributed by atoms with Crippen LogP contribution >= 0.6 is 11.6 Å². The number of nitrogens with one attached hydrogen (secondary N) is 1. The zero-order valence-electron chi connectivity index (χ0n) is 21.2. The summed E-state index contributed by atoms with van der Waals surface area (Å²) in [6.07, 6.45) is -4.95. The molecule has 0 aliphatic carbocycles. The van der Waals surface area contributed by atoms with Crippen molar-refractivity contribution >= 4 is 45.2 Å². The SMILES string of the molecule is CC(=O)N/C(N)=N/C(=N/S(=O)(=O)c1ccc(OC(F)(F)F)cc1)N1CC(c2ccccc2)C(c2ccc(Cl)cc2)=N1. The summed E-state index contributed by atoms with van der Waals surface area (Å²) in [7, 11) is -4.55. The molecule has 1 amide bonds. The van der Waals surface area contributed by atoms with Gasteiger partial charge in [-0.3, -0.25) is 10.1 Å². The summed E-state index contributed by atoms with van der Waals surface area (Å²) >= 11 is 6.06. The van der Waals surface area contributed by atoms with Gasteiger partial charge in [-0.1, -0.05) is 54.1 Å². The van der Waals surface area contributed by atoms with E-state index < -0.39 is 44.9 Å². The van der Waals surface area contributed by atoms with Gasteiger partial charge in [-0.2, -0.15) is 18.5 Å². The van der Waals surface area contributed by atoms with Gasteiger partial charge in [-0.15, -0.1) is 17.6 Å². The summed E-state index contributed by atoms with van der Waals surface area (Å²) in [6, 6.07) is 19.6. The minimum Gasteiger partial charge on any atom is -0.406 e. The highest BCUT2D eigenvalue weighted by Gasteiger charge is 2.33. The van der Waals surface area contributed by atoms with Crippen molar-refractivity contribution in [3.8, 4) is 5.75 Å². The number of hydrazone groups is 1. The van der Waals surface area contributed by atoms with Gasteiger partial charge in [0.15, 0.2) is 0 Å². The molecule has 0 radical (unpaired) electrons. The minimum absolute atomic E-state index is 0.0888. The largest absolute Gasteiger partial charge is 0.573 e. The van der Waals surface area contributed by atoms with Crippen LogP contribution in [0.2, 0.25) is 5.02 Å². The topological polar surface area (TPSA) is 139 Å². The van der Waals surface area contributed by atoms with Crippen LogP contribution in [-0.4, -0.2) is 49.9 Å². The van der Waals surface area contributed by atoms with E-state index in [-0.39, 0.29) is 12.5 Å². The number of halogens is 4. The van der Waals surface area contributed by atoms with Gasteiger partial charge in [-0.05, 0) is 47.5 Å². The summed E-state index contributed by atoms with van der Waals surface area (Å²) in [5.74, 6) is -2.48. The fraction of sp³-hybridized carbons (Fsp3) is 0.154. The Kier molecular flexibility index (Phi) is 8.63. The van der Waals surface area contributed by atoms with Gasteiger partial charge in [0.05, 0.1) is 17.2 Å². The normalized spacial score (nSPS) is 16.4. The van der Waals surface area contributed by atoms with Crippen molar-refractivity contribution in [1.82, 2.24) is 10.3 Å². The van der Waals surface area contributed by atoms with E-state index in [4.69, 9.17) is 17.3 Å². The molecule has 4 rings (SSSR count). The Hall–Kier alpha value is -4.43. The number of ether oxygens (including phenoxy) is 1.